The second kappa shape index (κ2) is 4.83. The predicted octanol–water partition coefficient (Wildman–Crippen LogP) is 4.04. The first-order valence-electron chi connectivity index (χ1n) is 5.45. The first-order chi connectivity index (χ1) is 7.66. The summed E-state index contributed by atoms with van der Waals surface area (Å²) in [5.41, 5.74) is 3.49. The second-order valence-corrected chi connectivity index (χ2v) is 5.15. The number of hydrogen-bond acceptors (Lipinski definition) is 1. The summed E-state index contributed by atoms with van der Waals surface area (Å²) in [6.45, 7) is 4.47. The van der Waals surface area contributed by atoms with Crippen LogP contribution in [0.2, 0.25) is 0 Å². The predicted molar refractivity (Wildman–Crippen MR) is 70.3 cm³/mol. The van der Waals surface area contributed by atoms with Gasteiger partial charge < -0.3 is 4.98 Å². The van der Waals surface area contributed by atoms with Crippen LogP contribution >= 0.6 is 15.9 Å². The van der Waals surface area contributed by atoms with Gasteiger partial charge in [-0.1, -0.05) is 38.1 Å². The van der Waals surface area contributed by atoms with Crippen LogP contribution < -0.4 is 0 Å². The summed E-state index contributed by atoms with van der Waals surface area (Å²) in [5, 5.41) is 0. The van der Waals surface area contributed by atoms with Gasteiger partial charge in [0.1, 0.15) is 10.3 Å². The van der Waals surface area contributed by atoms with Gasteiger partial charge in [-0.15, -0.1) is 0 Å². The Kier molecular flexibility index (Phi) is 3.44. The van der Waals surface area contributed by atoms with Gasteiger partial charge in [0.25, 0.3) is 0 Å². The van der Waals surface area contributed by atoms with Gasteiger partial charge in [-0.2, -0.15) is 0 Å². The highest BCUT2D eigenvalue weighted by atomic mass is 79.9. The van der Waals surface area contributed by atoms with E-state index in [0.717, 1.165) is 22.3 Å². The van der Waals surface area contributed by atoms with Gasteiger partial charge in [0.2, 0.25) is 0 Å². The van der Waals surface area contributed by atoms with Crippen LogP contribution in [0.1, 0.15) is 19.4 Å². The van der Waals surface area contributed by atoms with E-state index in [1.54, 1.807) is 6.33 Å². The Morgan fingerprint density at radius 2 is 1.94 bits per heavy atom. The normalized spacial score (nSPS) is 11.0. The largest absolute Gasteiger partial charge is 0.339 e. The van der Waals surface area contributed by atoms with Crippen molar-refractivity contribution in [2.24, 2.45) is 5.92 Å². The Hall–Kier alpha value is -1.09. The molecule has 0 atom stereocenters. The van der Waals surface area contributed by atoms with Crippen LogP contribution in [0.3, 0.4) is 0 Å². The first kappa shape index (κ1) is 11.4. The number of hydrogen-bond donors (Lipinski definition) is 1. The maximum Gasteiger partial charge on any atom is 0.110 e. The molecule has 0 aliphatic rings. The zero-order valence-electron chi connectivity index (χ0n) is 9.50. The van der Waals surface area contributed by atoms with E-state index in [9.17, 15) is 0 Å². The van der Waals surface area contributed by atoms with Crippen molar-refractivity contribution in [1.82, 2.24) is 9.97 Å². The number of H-pyrrole nitrogens is 1. The lowest BCUT2D eigenvalue weighted by Crippen LogP contribution is -1.93. The average Bonchev–Trinajstić information content (AvgIpc) is 2.65. The highest BCUT2D eigenvalue weighted by molar-refractivity contribution is 9.10. The van der Waals surface area contributed by atoms with E-state index in [2.05, 4.69) is 64.0 Å². The van der Waals surface area contributed by atoms with Crippen LogP contribution in [0, 0.1) is 5.92 Å². The average molecular weight is 279 g/mol. The summed E-state index contributed by atoms with van der Waals surface area (Å²) in [6, 6.07) is 8.60. The number of nitrogens with zero attached hydrogens (tertiary/aromatic N) is 1. The Balaban J connectivity index is 2.23. The number of nitrogens with one attached hydrogen (secondary N) is 1. The van der Waals surface area contributed by atoms with Crippen molar-refractivity contribution in [3.63, 3.8) is 0 Å². The maximum absolute atomic E-state index is 4.27. The lowest BCUT2D eigenvalue weighted by Gasteiger charge is -2.05. The fourth-order valence-corrected chi connectivity index (χ4v) is 2.18. The number of imidazole rings is 1. The quantitative estimate of drug-likeness (QED) is 0.902. The third-order valence-electron chi connectivity index (χ3n) is 2.46. The lowest BCUT2D eigenvalue weighted by molar-refractivity contribution is 0.647. The number of aromatic amines is 1. The third-order valence-corrected chi connectivity index (χ3v) is 3.07. The van der Waals surface area contributed by atoms with Crippen molar-refractivity contribution in [3.05, 3.63) is 40.8 Å². The molecular weight excluding hydrogens is 264 g/mol. The minimum atomic E-state index is 0.697. The number of aromatic nitrogens is 2. The number of halogens is 1. The topological polar surface area (TPSA) is 28.7 Å². The molecule has 0 unspecified atom stereocenters. The smallest absolute Gasteiger partial charge is 0.110 e. The molecule has 2 rings (SSSR count). The van der Waals surface area contributed by atoms with Crippen LogP contribution in [0.4, 0.5) is 0 Å². The third kappa shape index (κ3) is 2.53. The molecule has 0 fully saturated rings. The van der Waals surface area contributed by atoms with Crippen molar-refractivity contribution < 1.29 is 0 Å². The molecule has 84 valence electrons. The van der Waals surface area contributed by atoms with Gasteiger partial charge in [-0.05, 0) is 33.8 Å². The van der Waals surface area contributed by atoms with E-state index in [0.29, 0.717) is 5.92 Å². The molecule has 1 aromatic heterocycles. The van der Waals surface area contributed by atoms with Crippen molar-refractivity contribution in [2.75, 3.05) is 0 Å². The molecule has 1 heterocycles. The Morgan fingerprint density at radius 1 is 1.25 bits per heavy atom. The molecule has 3 heteroatoms. The van der Waals surface area contributed by atoms with E-state index < -0.39 is 0 Å². The van der Waals surface area contributed by atoms with Crippen LogP contribution in [-0.2, 0) is 6.42 Å². The zero-order valence-corrected chi connectivity index (χ0v) is 11.1. The van der Waals surface area contributed by atoms with E-state index in [-0.39, 0.29) is 0 Å². The molecule has 0 aliphatic carbocycles. The minimum Gasteiger partial charge on any atom is -0.339 e. The molecule has 0 aliphatic heterocycles. The van der Waals surface area contributed by atoms with E-state index in [1.165, 1.54) is 5.56 Å². The highest BCUT2D eigenvalue weighted by Gasteiger charge is 2.05. The van der Waals surface area contributed by atoms with Crippen LogP contribution in [-0.4, -0.2) is 9.97 Å². The molecule has 0 spiro atoms. The summed E-state index contributed by atoms with van der Waals surface area (Å²) in [4.78, 5) is 7.29. The molecule has 0 bridgehead atoms. The second-order valence-electron chi connectivity index (χ2n) is 4.36. The van der Waals surface area contributed by atoms with Gasteiger partial charge in [-0.3, -0.25) is 0 Å². The van der Waals surface area contributed by atoms with Gasteiger partial charge in [0.15, 0.2) is 0 Å². The molecule has 0 amide bonds. The molecule has 1 N–H and O–H groups in total. The van der Waals surface area contributed by atoms with Crippen LogP contribution in [0.25, 0.3) is 11.3 Å². The minimum absolute atomic E-state index is 0.697. The van der Waals surface area contributed by atoms with Crippen molar-refractivity contribution in [1.29, 1.82) is 0 Å². The fourth-order valence-electron chi connectivity index (χ4n) is 1.75. The molecule has 0 saturated carbocycles. The molecule has 1 aromatic carbocycles. The highest BCUT2D eigenvalue weighted by Crippen LogP contribution is 2.24. The lowest BCUT2D eigenvalue weighted by atomic mass is 10.0. The number of rotatable bonds is 3. The molecule has 2 nitrogen and oxygen atoms in total. The monoisotopic (exact) mass is 278 g/mol. The van der Waals surface area contributed by atoms with Gasteiger partial charge >= 0.3 is 0 Å². The van der Waals surface area contributed by atoms with E-state index >= 15 is 0 Å². The Bertz CT molecular complexity index is 457. The summed E-state index contributed by atoms with van der Waals surface area (Å²) in [6.07, 6.45) is 2.82. The molecule has 0 radical (unpaired) electrons. The van der Waals surface area contributed by atoms with Gasteiger partial charge in [0, 0.05) is 5.56 Å². The van der Waals surface area contributed by atoms with Gasteiger partial charge in [-0.25, -0.2) is 4.98 Å². The standard InChI is InChI=1S/C13H15BrN2/c1-9(2)7-10-3-5-11(6-4-10)12-13(14)16-8-15-12/h3-6,8-9H,7H2,1-2H3,(H,15,16). The number of benzene rings is 1. The van der Waals surface area contributed by atoms with Crippen molar-refractivity contribution >= 4 is 15.9 Å². The molecule has 2 aromatic rings. The Morgan fingerprint density at radius 3 is 2.44 bits per heavy atom. The SMILES string of the molecule is CC(C)Cc1ccc(-c2nc[nH]c2Br)cc1. The molecule has 0 saturated heterocycles. The summed E-state index contributed by atoms with van der Waals surface area (Å²) in [5.74, 6) is 0.697. The summed E-state index contributed by atoms with van der Waals surface area (Å²) < 4.78 is 0.934. The van der Waals surface area contributed by atoms with Crippen LogP contribution in [0.5, 0.6) is 0 Å². The maximum atomic E-state index is 4.27. The van der Waals surface area contributed by atoms with Crippen LogP contribution in [0.15, 0.2) is 35.2 Å². The van der Waals surface area contributed by atoms with E-state index in [1.807, 2.05) is 0 Å². The zero-order chi connectivity index (χ0) is 11.5. The molecular formula is C13H15BrN2. The van der Waals surface area contributed by atoms with Gasteiger partial charge in [0.05, 0.1) is 6.33 Å². The van der Waals surface area contributed by atoms with E-state index in [4.69, 9.17) is 0 Å². The Labute approximate surface area is 104 Å². The summed E-state index contributed by atoms with van der Waals surface area (Å²) in [7, 11) is 0. The summed E-state index contributed by atoms with van der Waals surface area (Å²) >= 11 is 3.44. The fraction of sp³-hybridized carbons (Fsp3) is 0.308. The van der Waals surface area contributed by atoms with Crippen molar-refractivity contribution in [2.45, 2.75) is 20.3 Å². The molecule has 16 heavy (non-hydrogen) atoms. The first-order valence-corrected chi connectivity index (χ1v) is 6.24. The van der Waals surface area contributed by atoms with Crippen molar-refractivity contribution in [3.8, 4) is 11.3 Å².